The molecule has 0 aliphatic carbocycles. The van der Waals surface area contributed by atoms with E-state index >= 15 is 0 Å². The lowest BCUT2D eigenvalue weighted by Gasteiger charge is -2.33. The van der Waals surface area contributed by atoms with E-state index < -0.39 is 12.0 Å². The van der Waals surface area contributed by atoms with Crippen molar-refractivity contribution in [2.45, 2.75) is 6.10 Å². The molecule has 5 rings (SSSR count). The number of aliphatic hydroxyl groups is 1. The second-order valence-electron chi connectivity index (χ2n) is 8.88. The summed E-state index contributed by atoms with van der Waals surface area (Å²) in [6.07, 6.45) is 1.06. The quantitative estimate of drug-likeness (QED) is 0.363. The van der Waals surface area contributed by atoms with Crippen LogP contribution >= 0.6 is 22.9 Å². The largest absolute Gasteiger partial charge is 0.491 e. The average molecular weight is 527 g/mol. The molecule has 11 heteroatoms. The Bertz CT molecular complexity index is 1380. The summed E-state index contributed by atoms with van der Waals surface area (Å²) >= 11 is 7.34. The molecule has 4 aromatic rings. The van der Waals surface area contributed by atoms with Gasteiger partial charge in [-0.2, -0.15) is 0 Å². The van der Waals surface area contributed by atoms with E-state index in [2.05, 4.69) is 21.8 Å². The number of aliphatic hydroxyl groups excluding tert-OH is 1. The van der Waals surface area contributed by atoms with Gasteiger partial charge in [0.15, 0.2) is 5.13 Å². The van der Waals surface area contributed by atoms with E-state index in [1.165, 1.54) is 11.3 Å². The minimum absolute atomic E-state index is 0.188. The maximum absolute atomic E-state index is 12.2. The van der Waals surface area contributed by atoms with Crippen molar-refractivity contribution >= 4 is 39.9 Å². The third-order valence-electron chi connectivity index (χ3n) is 6.17. The van der Waals surface area contributed by atoms with Gasteiger partial charge in [0.2, 0.25) is 0 Å². The number of benzene rings is 2. The summed E-state index contributed by atoms with van der Waals surface area (Å²) in [4.78, 5) is 26.2. The highest BCUT2D eigenvalue weighted by Crippen LogP contribution is 2.33. The second kappa shape index (κ2) is 10.5. The molecule has 0 spiro atoms. The zero-order valence-electron chi connectivity index (χ0n) is 19.8. The molecule has 0 bridgehead atoms. The van der Waals surface area contributed by atoms with Crippen LogP contribution in [0, 0.1) is 0 Å². The first kappa shape index (κ1) is 24.7. The van der Waals surface area contributed by atoms with Crippen molar-refractivity contribution in [3.8, 4) is 22.1 Å². The fourth-order valence-electron chi connectivity index (χ4n) is 4.21. The molecule has 0 radical (unpaired) electrons. The summed E-state index contributed by atoms with van der Waals surface area (Å²) in [6, 6.07) is 12.7. The van der Waals surface area contributed by atoms with Crippen LogP contribution in [0.1, 0.15) is 9.67 Å². The normalized spacial score (nSPS) is 15.9. The molecule has 3 heterocycles. The molecule has 1 fully saturated rings. The Hall–Kier alpha value is -3.02. The van der Waals surface area contributed by atoms with Crippen molar-refractivity contribution in [3.05, 3.63) is 58.7 Å². The van der Waals surface area contributed by atoms with Crippen LogP contribution in [0.4, 0.5) is 0 Å². The Labute approximate surface area is 217 Å². The van der Waals surface area contributed by atoms with Gasteiger partial charge in [0.25, 0.3) is 5.91 Å². The smallest absolute Gasteiger partial charge is 0.261 e. The van der Waals surface area contributed by atoms with Gasteiger partial charge in [-0.3, -0.25) is 14.3 Å². The minimum Gasteiger partial charge on any atom is -0.491 e. The molecule has 1 saturated heterocycles. The number of ether oxygens (including phenoxy) is 1. The van der Waals surface area contributed by atoms with Crippen LogP contribution in [0.2, 0.25) is 5.02 Å². The summed E-state index contributed by atoms with van der Waals surface area (Å²) < 4.78 is 7.71. The van der Waals surface area contributed by atoms with Crippen molar-refractivity contribution in [3.63, 3.8) is 0 Å². The van der Waals surface area contributed by atoms with Crippen molar-refractivity contribution in [2.75, 3.05) is 46.4 Å². The van der Waals surface area contributed by atoms with Gasteiger partial charge in [-0.1, -0.05) is 35.1 Å². The number of amides is 1. The molecular formula is C25H27ClN6O3S. The van der Waals surface area contributed by atoms with Gasteiger partial charge in [0.1, 0.15) is 29.7 Å². The third-order valence-corrected chi connectivity index (χ3v) is 7.47. The number of hydrogen-bond acceptors (Lipinski definition) is 8. The van der Waals surface area contributed by atoms with Gasteiger partial charge in [0, 0.05) is 49.4 Å². The maximum atomic E-state index is 12.2. The van der Waals surface area contributed by atoms with Crippen molar-refractivity contribution in [1.82, 2.24) is 24.3 Å². The number of carbonyl (C=O) groups is 1. The van der Waals surface area contributed by atoms with Gasteiger partial charge < -0.3 is 20.5 Å². The van der Waals surface area contributed by atoms with Gasteiger partial charge in [-0.15, -0.1) is 0 Å². The third kappa shape index (κ3) is 5.37. The molecule has 1 atom stereocenters. The Morgan fingerprint density at radius 2 is 2.03 bits per heavy atom. The van der Waals surface area contributed by atoms with Crippen molar-refractivity contribution in [2.24, 2.45) is 5.73 Å². The lowest BCUT2D eigenvalue weighted by Crippen LogP contribution is -2.47. The average Bonchev–Trinajstić information content (AvgIpc) is 3.48. The predicted molar refractivity (Wildman–Crippen MR) is 141 cm³/mol. The molecule has 2 aromatic carbocycles. The number of β-amino-alcohol motifs (C(OH)–C–C–N with tert-alkyl or cyclic N) is 1. The fourth-order valence-corrected chi connectivity index (χ4v) is 5.33. The zero-order valence-corrected chi connectivity index (χ0v) is 21.4. The number of thiazole rings is 1. The molecule has 36 heavy (non-hydrogen) atoms. The Kier molecular flexibility index (Phi) is 7.22. The van der Waals surface area contributed by atoms with Gasteiger partial charge in [-0.05, 0) is 31.3 Å². The number of nitrogens with two attached hydrogens (primary N) is 1. The first-order valence-electron chi connectivity index (χ1n) is 11.6. The first-order chi connectivity index (χ1) is 17.4. The topological polar surface area (TPSA) is 110 Å². The van der Waals surface area contributed by atoms with Gasteiger partial charge in [-0.25, -0.2) is 9.97 Å². The SMILES string of the molecule is CN1CCN(CC(O)COc2ccc3ncn(-c4nc(-c5cccc(Cl)c5)c(C(N)=O)s4)c3c2)CC1. The van der Waals surface area contributed by atoms with Crippen LogP contribution < -0.4 is 10.5 Å². The number of piperazine rings is 1. The molecule has 1 amide bonds. The highest BCUT2D eigenvalue weighted by Gasteiger charge is 2.21. The Morgan fingerprint density at radius 3 is 2.78 bits per heavy atom. The number of aromatic nitrogens is 3. The van der Waals surface area contributed by atoms with Gasteiger partial charge >= 0.3 is 0 Å². The maximum Gasteiger partial charge on any atom is 0.261 e. The van der Waals surface area contributed by atoms with E-state index in [-0.39, 0.29) is 6.61 Å². The van der Waals surface area contributed by atoms with Crippen LogP contribution in [0.15, 0.2) is 48.8 Å². The molecular weight excluding hydrogens is 500 g/mol. The van der Waals surface area contributed by atoms with E-state index in [1.807, 2.05) is 24.3 Å². The van der Waals surface area contributed by atoms with Crippen LogP contribution in [0.25, 0.3) is 27.4 Å². The summed E-state index contributed by atoms with van der Waals surface area (Å²) in [5.41, 5.74) is 8.36. The Balaban J connectivity index is 1.36. The van der Waals surface area contributed by atoms with Crippen molar-refractivity contribution < 1.29 is 14.6 Å². The lowest BCUT2D eigenvalue weighted by molar-refractivity contribution is 0.0505. The van der Waals surface area contributed by atoms with E-state index in [1.54, 1.807) is 29.1 Å². The van der Waals surface area contributed by atoms with Crippen molar-refractivity contribution in [1.29, 1.82) is 0 Å². The van der Waals surface area contributed by atoms with E-state index in [0.29, 0.717) is 38.6 Å². The number of nitrogens with zero attached hydrogens (tertiary/aromatic N) is 5. The molecule has 188 valence electrons. The standard InChI is InChI=1S/C25H27ClN6O3S/c1-30-7-9-31(10-8-30)13-18(33)14-35-19-5-6-20-21(12-19)32(15-28-20)25-29-22(23(36-25)24(27)34)16-3-2-4-17(26)11-16/h2-6,11-12,15,18,33H,7-10,13-14H2,1H3,(H2,27,34). The molecule has 1 unspecified atom stereocenters. The second-order valence-corrected chi connectivity index (χ2v) is 10.3. The lowest BCUT2D eigenvalue weighted by atomic mass is 10.1. The highest BCUT2D eigenvalue weighted by molar-refractivity contribution is 7.16. The predicted octanol–water partition coefficient (Wildman–Crippen LogP) is 2.89. The van der Waals surface area contributed by atoms with E-state index in [0.717, 1.165) is 37.2 Å². The fraction of sp³-hybridized carbons (Fsp3) is 0.320. The molecule has 3 N–H and O–H groups in total. The minimum atomic E-state index is -0.591. The zero-order chi connectivity index (χ0) is 25.2. The highest BCUT2D eigenvalue weighted by atomic mass is 35.5. The summed E-state index contributed by atoms with van der Waals surface area (Å²) in [7, 11) is 2.11. The number of fused-ring (bicyclic) bond motifs is 1. The number of rotatable bonds is 8. The summed E-state index contributed by atoms with van der Waals surface area (Å²) in [6.45, 7) is 4.65. The number of primary amides is 1. The van der Waals surface area contributed by atoms with E-state index in [9.17, 15) is 9.90 Å². The molecule has 9 nitrogen and oxygen atoms in total. The molecule has 1 aliphatic heterocycles. The van der Waals surface area contributed by atoms with Crippen LogP contribution in [0.3, 0.4) is 0 Å². The van der Waals surface area contributed by atoms with Crippen LogP contribution in [0.5, 0.6) is 5.75 Å². The summed E-state index contributed by atoms with van der Waals surface area (Å²) in [5, 5.41) is 11.6. The van der Waals surface area contributed by atoms with E-state index in [4.69, 9.17) is 27.1 Å². The first-order valence-corrected chi connectivity index (χ1v) is 12.8. The number of carbonyl (C=O) groups excluding carboxylic acids is 1. The molecule has 1 aliphatic rings. The number of likely N-dealkylation sites (N-methyl/N-ethyl adjacent to an activating group) is 1. The molecule has 2 aromatic heterocycles. The Morgan fingerprint density at radius 1 is 1.22 bits per heavy atom. The van der Waals surface area contributed by atoms with Gasteiger partial charge in [0.05, 0.1) is 16.7 Å². The monoisotopic (exact) mass is 526 g/mol. The number of hydrogen-bond donors (Lipinski definition) is 2. The number of imidazole rings is 1. The molecule has 0 saturated carbocycles. The number of halogens is 1. The van der Waals surface area contributed by atoms with Crippen LogP contribution in [-0.4, -0.2) is 87.8 Å². The van der Waals surface area contributed by atoms with Crippen LogP contribution in [-0.2, 0) is 0 Å². The summed E-state index contributed by atoms with van der Waals surface area (Å²) in [5.74, 6) is 0.0555.